The maximum atomic E-state index is 12.7. The van der Waals surface area contributed by atoms with Crippen LogP contribution in [0, 0.1) is 5.92 Å². The van der Waals surface area contributed by atoms with Crippen LogP contribution < -0.4 is 0 Å². The zero-order valence-electron chi connectivity index (χ0n) is 13.6. The fourth-order valence-electron chi connectivity index (χ4n) is 3.80. The number of nitrogens with zero attached hydrogens (tertiary/aromatic N) is 3. The van der Waals surface area contributed by atoms with Crippen molar-refractivity contribution in [3.8, 4) is 0 Å². The molecule has 2 aliphatic rings. The van der Waals surface area contributed by atoms with Gasteiger partial charge in [0.15, 0.2) is 5.82 Å². The van der Waals surface area contributed by atoms with E-state index in [0.717, 1.165) is 50.4 Å². The Labute approximate surface area is 132 Å². The highest BCUT2D eigenvalue weighted by Crippen LogP contribution is 2.32. The lowest BCUT2D eigenvalue weighted by Crippen LogP contribution is -2.38. The minimum Gasteiger partial charge on any atom is -0.337 e. The molecule has 22 heavy (non-hydrogen) atoms. The van der Waals surface area contributed by atoms with Crippen LogP contribution in [0.25, 0.3) is 0 Å². The van der Waals surface area contributed by atoms with E-state index >= 15 is 0 Å². The maximum Gasteiger partial charge on any atom is 0.249 e. The summed E-state index contributed by atoms with van der Waals surface area (Å²) in [6.07, 6.45) is 10.9. The van der Waals surface area contributed by atoms with Crippen molar-refractivity contribution >= 4 is 5.91 Å². The number of hydrogen-bond acceptors (Lipinski definition) is 4. The Bertz CT molecular complexity index is 494. The molecule has 0 bridgehead atoms. The summed E-state index contributed by atoms with van der Waals surface area (Å²) in [5.74, 6) is 2.40. The summed E-state index contributed by atoms with van der Waals surface area (Å²) in [5.41, 5.74) is 0. The molecule has 0 N–H and O–H groups in total. The Morgan fingerprint density at radius 2 is 2.00 bits per heavy atom. The third-order valence-corrected chi connectivity index (χ3v) is 5.15. The van der Waals surface area contributed by atoms with Crippen LogP contribution >= 0.6 is 0 Å². The lowest BCUT2D eigenvalue weighted by molar-refractivity contribution is -0.136. The number of carbonyl (C=O) groups excluding carboxylic acids is 1. The maximum absolute atomic E-state index is 12.7. The first-order chi connectivity index (χ1) is 10.8. The molecule has 122 valence electrons. The quantitative estimate of drug-likeness (QED) is 0.833. The van der Waals surface area contributed by atoms with Gasteiger partial charge in [0.2, 0.25) is 11.8 Å². The van der Waals surface area contributed by atoms with Gasteiger partial charge in [-0.2, -0.15) is 4.98 Å². The van der Waals surface area contributed by atoms with Crippen molar-refractivity contribution in [1.82, 2.24) is 15.0 Å². The number of amides is 1. The van der Waals surface area contributed by atoms with Gasteiger partial charge in [-0.1, -0.05) is 37.8 Å². The number of likely N-dealkylation sites (tertiary alicyclic amines) is 1. The van der Waals surface area contributed by atoms with Crippen LogP contribution in [0.3, 0.4) is 0 Å². The Hall–Kier alpha value is -1.39. The Morgan fingerprint density at radius 3 is 2.73 bits per heavy atom. The first kappa shape index (κ1) is 15.5. The molecule has 0 aromatic carbocycles. The van der Waals surface area contributed by atoms with E-state index in [-0.39, 0.29) is 11.9 Å². The van der Waals surface area contributed by atoms with Gasteiger partial charge in [-0.3, -0.25) is 4.79 Å². The second-order valence-corrected chi connectivity index (χ2v) is 6.69. The van der Waals surface area contributed by atoms with E-state index in [1.165, 1.54) is 25.7 Å². The number of hydrogen-bond donors (Lipinski definition) is 0. The average molecular weight is 305 g/mol. The van der Waals surface area contributed by atoms with Gasteiger partial charge in [-0.25, -0.2) is 0 Å². The highest BCUT2D eigenvalue weighted by Gasteiger charge is 2.32. The van der Waals surface area contributed by atoms with Gasteiger partial charge < -0.3 is 9.42 Å². The van der Waals surface area contributed by atoms with Crippen molar-refractivity contribution in [1.29, 1.82) is 0 Å². The zero-order chi connectivity index (χ0) is 15.4. The Morgan fingerprint density at radius 1 is 1.23 bits per heavy atom. The third-order valence-electron chi connectivity index (χ3n) is 5.15. The molecule has 0 radical (unpaired) electrons. The molecule has 1 saturated heterocycles. The molecule has 1 aromatic rings. The number of aromatic nitrogens is 2. The van der Waals surface area contributed by atoms with Gasteiger partial charge in [-0.15, -0.1) is 0 Å². The topological polar surface area (TPSA) is 59.2 Å². The van der Waals surface area contributed by atoms with E-state index in [1.54, 1.807) is 0 Å². The van der Waals surface area contributed by atoms with E-state index < -0.39 is 0 Å². The minimum atomic E-state index is -0.00220. The minimum absolute atomic E-state index is 0.00220. The summed E-state index contributed by atoms with van der Waals surface area (Å²) in [4.78, 5) is 19.1. The van der Waals surface area contributed by atoms with Gasteiger partial charge in [0.05, 0.1) is 0 Å². The molecule has 1 atom stereocenters. The summed E-state index contributed by atoms with van der Waals surface area (Å²) in [7, 11) is 0. The summed E-state index contributed by atoms with van der Waals surface area (Å²) in [5, 5.41) is 3.99. The van der Waals surface area contributed by atoms with Crippen molar-refractivity contribution in [2.75, 3.05) is 6.54 Å². The molecule has 2 heterocycles. The standard InChI is InChI=1S/C17H27N3O2/c1-2-15-18-17(22-19-15)14-9-5-6-12-20(14)16(21)11-10-13-7-3-4-8-13/h13-14H,2-12H2,1H3. The molecule has 5 nitrogen and oxygen atoms in total. The summed E-state index contributed by atoms with van der Waals surface area (Å²) >= 11 is 0. The Kier molecular flexibility index (Phi) is 5.11. The monoisotopic (exact) mass is 305 g/mol. The van der Waals surface area contributed by atoms with Crippen molar-refractivity contribution in [2.45, 2.75) is 77.2 Å². The van der Waals surface area contributed by atoms with Gasteiger partial charge in [0.1, 0.15) is 6.04 Å². The lowest BCUT2D eigenvalue weighted by Gasteiger charge is -2.33. The molecule has 0 spiro atoms. The van der Waals surface area contributed by atoms with Gasteiger partial charge in [-0.05, 0) is 31.6 Å². The fraction of sp³-hybridized carbons (Fsp3) is 0.824. The molecule has 5 heteroatoms. The second kappa shape index (κ2) is 7.25. The van der Waals surface area contributed by atoms with Gasteiger partial charge in [0, 0.05) is 19.4 Å². The van der Waals surface area contributed by atoms with Crippen molar-refractivity contribution < 1.29 is 9.32 Å². The predicted molar refractivity (Wildman–Crippen MR) is 83.2 cm³/mol. The first-order valence-electron chi connectivity index (χ1n) is 8.90. The van der Waals surface area contributed by atoms with Crippen LogP contribution in [0.4, 0.5) is 0 Å². The molecule has 1 aromatic heterocycles. The summed E-state index contributed by atoms with van der Waals surface area (Å²) in [6, 6.07) is -0.00220. The predicted octanol–water partition coefficient (Wildman–Crippen LogP) is 3.66. The van der Waals surface area contributed by atoms with Gasteiger partial charge in [0.25, 0.3) is 0 Å². The van der Waals surface area contributed by atoms with Crippen LogP contribution in [-0.2, 0) is 11.2 Å². The van der Waals surface area contributed by atoms with Crippen LogP contribution in [-0.4, -0.2) is 27.5 Å². The molecule has 1 aliphatic carbocycles. The molecular formula is C17H27N3O2. The first-order valence-corrected chi connectivity index (χ1v) is 8.90. The van der Waals surface area contributed by atoms with Gasteiger partial charge >= 0.3 is 0 Å². The van der Waals surface area contributed by atoms with E-state index in [0.29, 0.717) is 12.3 Å². The highest BCUT2D eigenvalue weighted by molar-refractivity contribution is 5.76. The van der Waals surface area contributed by atoms with Crippen LogP contribution in [0.15, 0.2) is 4.52 Å². The fourth-order valence-corrected chi connectivity index (χ4v) is 3.80. The van der Waals surface area contributed by atoms with Crippen LogP contribution in [0.2, 0.25) is 0 Å². The van der Waals surface area contributed by atoms with Crippen molar-refractivity contribution in [2.24, 2.45) is 5.92 Å². The van der Waals surface area contributed by atoms with E-state index in [1.807, 2.05) is 11.8 Å². The molecular weight excluding hydrogens is 278 g/mol. The van der Waals surface area contributed by atoms with E-state index in [4.69, 9.17) is 4.52 Å². The summed E-state index contributed by atoms with van der Waals surface area (Å²) in [6.45, 7) is 2.85. The number of carbonyl (C=O) groups is 1. The van der Waals surface area contributed by atoms with Crippen LogP contribution in [0.5, 0.6) is 0 Å². The van der Waals surface area contributed by atoms with Crippen LogP contribution in [0.1, 0.15) is 82.5 Å². The largest absolute Gasteiger partial charge is 0.337 e. The highest BCUT2D eigenvalue weighted by atomic mass is 16.5. The summed E-state index contributed by atoms with van der Waals surface area (Å²) < 4.78 is 5.40. The van der Waals surface area contributed by atoms with E-state index in [9.17, 15) is 4.79 Å². The molecule has 1 aliphatic heterocycles. The van der Waals surface area contributed by atoms with E-state index in [2.05, 4.69) is 10.1 Å². The normalized spacial score (nSPS) is 23.1. The number of piperidine rings is 1. The molecule has 1 amide bonds. The third kappa shape index (κ3) is 3.50. The smallest absolute Gasteiger partial charge is 0.249 e. The lowest BCUT2D eigenvalue weighted by atomic mass is 9.98. The molecule has 1 saturated carbocycles. The zero-order valence-corrected chi connectivity index (χ0v) is 13.6. The van der Waals surface area contributed by atoms with Crippen molar-refractivity contribution in [3.63, 3.8) is 0 Å². The van der Waals surface area contributed by atoms with Crippen molar-refractivity contribution in [3.05, 3.63) is 11.7 Å². The average Bonchev–Trinajstić information content (AvgIpc) is 3.24. The SMILES string of the molecule is CCc1noc(C2CCCCN2C(=O)CCC2CCCC2)n1. The number of rotatable bonds is 5. The molecule has 2 fully saturated rings. The second-order valence-electron chi connectivity index (χ2n) is 6.69. The Balaban J connectivity index is 1.62. The molecule has 3 rings (SSSR count). The number of aryl methyl sites for hydroxylation is 1. The molecule has 1 unspecified atom stereocenters.